The highest BCUT2D eigenvalue weighted by Gasteiger charge is 2.11. The lowest BCUT2D eigenvalue weighted by molar-refractivity contribution is -0.110. The number of hydrogen-bond acceptors (Lipinski definition) is 4. The molecule has 0 spiro atoms. The van der Waals surface area contributed by atoms with E-state index in [-0.39, 0.29) is 5.78 Å². The Morgan fingerprint density at radius 2 is 1.82 bits per heavy atom. The van der Waals surface area contributed by atoms with E-state index in [0.29, 0.717) is 16.8 Å². The number of rotatable bonds is 2. The van der Waals surface area contributed by atoms with Gasteiger partial charge in [-0.15, -0.1) is 0 Å². The van der Waals surface area contributed by atoms with Crippen molar-refractivity contribution in [3.63, 3.8) is 0 Å². The van der Waals surface area contributed by atoms with Gasteiger partial charge < -0.3 is 4.84 Å². The number of nitrogens with zero attached hydrogens (tertiary/aromatic N) is 1. The molecule has 22 heavy (non-hydrogen) atoms. The second-order valence-corrected chi connectivity index (χ2v) is 4.98. The zero-order valence-corrected chi connectivity index (χ0v) is 11.9. The third-order valence-electron chi connectivity index (χ3n) is 3.38. The molecule has 4 heteroatoms. The summed E-state index contributed by atoms with van der Waals surface area (Å²) in [6.45, 7) is 1.74. The van der Waals surface area contributed by atoms with Gasteiger partial charge in [-0.25, -0.2) is 4.79 Å². The number of hydrogen-bond donors (Lipinski definition) is 0. The Hall–Kier alpha value is -3.01. The molecule has 3 rings (SSSR count). The van der Waals surface area contributed by atoms with Crippen LogP contribution in [0.3, 0.4) is 0 Å². The third-order valence-corrected chi connectivity index (χ3v) is 3.38. The minimum Gasteiger partial charge on any atom is -0.312 e. The van der Waals surface area contributed by atoms with Crippen molar-refractivity contribution < 1.29 is 14.4 Å². The van der Waals surface area contributed by atoms with Gasteiger partial charge in [-0.3, -0.25) is 4.79 Å². The van der Waals surface area contributed by atoms with Gasteiger partial charge in [0, 0.05) is 0 Å². The predicted octanol–water partition coefficient (Wildman–Crippen LogP) is 3.44. The normalized spacial score (nSPS) is 16.0. The number of ketones is 1. The summed E-state index contributed by atoms with van der Waals surface area (Å²) in [6, 6.07) is 13.1. The van der Waals surface area contributed by atoms with E-state index in [9.17, 15) is 9.59 Å². The van der Waals surface area contributed by atoms with Crippen LogP contribution in [0.25, 0.3) is 10.8 Å². The first-order chi connectivity index (χ1) is 10.6. The van der Waals surface area contributed by atoms with E-state index in [1.165, 1.54) is 18.2 Å². The molecule has 2 aromatic carbocycles. The first-order valence-corrected chi connectivity index (χ1v) is 6.82. The van der Waals surface area contributed by atoms with E-state index < -0.39 is 5.97 Å². The molecule has 0 fully saturated rings. The average molecular weight is 291 g/mol. The van der Waals surface area contributed by atoms with Crippen molar-refractivity contribution in [2.45, 2.75) is 6.92 Å². The molecule has 1 aliphatic rings. The van der Waals surface area contributed by atoms with Crippen molar-refractivity contribution in [2.24, 2.45) is 5.16 Å². The molecule has 0 amide bonds. The summed E-state index contributed by atoms with van der Waals surface area (Å²) >= 11 is 0. The number of allylic oxidation sites excluding steroid dienone is 4. The molecule has 1 aliphatic carbocycles. The van der Waals surface area contributed by atoms with Gasteiger partial charge in [0.25, 0.3) is 0 Å². The van der Waals surface area contributed by atoms with Gasteiger partial charge in [0.15, 0.2) is 5.78 Å². The molecule has 0 bridgehead atoms. The van der Waals surface area contributed by atoms with E-state index in [0.717, 1.165) is 10.8 Å². The predicted molar refractivity (Wildman–Crippen MR) is 84.7 cm³/mol. The van der Waals surface area contributed by atoms with Crippen LogP contribution in [-0.2, 0) is 9.63 Å². The Labute approximate surface area is 127 Å². The van der Waals surface area contributed by atoms with E-state index in [2.05, 4.69) is 5.16 Å². The minimum atomic E-state index is -0.531. The molecule has 0 saturated carbocycles. The van der Waals surface area contributed by atoms with Crippen LogP contribution in [0.1, 0.15) is 17.3 Å². The van der Waals surface area contributed by atoms with Crippen molar-refractivity contribution in [3.05, 3.63) is 71.8 Å². The summed E-state index contributed by atoms with van der Waals surface area (Å²) in [7, 11) is 0. The Morgan fingerprint density at radius 3 is 2.59 bits per heavy atom. The molecule has 0 N–H and O–H groups in total. The second-order valence-electron chi connectivity index (χ2n) is 4.98. The zero-order valence-electron chi connectivity index (χ0n) is 11.9. The standard InChI is InChI=1S/C18H13NO3/c1-12-10-16(20)8-9-17(12)19-22-18(21)15-7-6-13-4-2-3-5-14(13)11-15/h2-11H,1H3. The number of carbonyl (C=O) groups is 2. The molecule has 2 aromatic rings. The molecule has 0 saturated heterocycles. The molecular formula is C18H13NO3. The maximum atomic E-state index is 12.1. The molecule has 108 valence electrons. The van der Waals surface area contributed by atoms with E-state index >= 15 is 0 Å². The molecule has 0 aromatic heterocycles. The number of oxime groups is 1. The van der Waals surface area contributed by atoms with Crippen molar-refractivity contribution in [1.82, 2.24) is 0 Å². The lowest BCUT2D eigenvalue weighted by Crippen LogP contribution is -2.08. The lowest BCUT2D eigenvalue weighted by Gasteiger charge is -2.05. The van der Waals surface area contributed by atoms with Crippen LogP contribution in [0.15, 0.2) is 71.4 Å². The van der Waals surface area contributed by atoms with Gasteiger partial charge in [0.2, 0.25) is 0 Å². The van der Waals surface area contributed by atoms with E-state index in [1.807, 2.05) is 30.3 Å². The minimum absolute atomic E-state index is 0.0997. The number of carbonyl (C=O) groups excluding carboxylic acids is 2. The fourth-order valence-corrected chi connectivity index (χ4v) is 2.19. The van der Waals surface area contributed by atoms with Gasteiger partial charge in [0.05, 0.1) is 5.56 Å². The van der Waals surface area contributed by atoms with Gasteiger partial charge in [-0.1, -0.05) is 35.5 Å². The molecule has 0 atom stereocenters. The molecular weight excluding hydrogens is 278 g/mol. The van der Waals surface area contributed by atoms with Crippen LogP contribution in [0, 0.1) is 0 Å². The fourth-order valence-electron chi connectivity index (χ4n) is 2.19. The van der Waals surface area contributed by atoms with Gasteiger partial charge in [0.1, 0.15) is 5.71 Å². The zero-order chi connectivity index (χ0) is 15.5. The second kappa shape index (κ2) is 5.77. The van der Waals surface area contributed by atoms with Crippen LogP contribution in [0.2, 0.25) is 0 Å². The maximum absolute atomic E-state index is 12.1. The van der Waals surface area contributed by atoms with Crippen molar-refractivity contribution in [2.75, 3.05) is 0 Å². The van der Waals surface area contributed by atoms with Crippen molar-refractivity contribution in [3.8, 4) is 0 Å². The van der Waals surface area contributed by atoms with Crippen LogP contribution in [0.5, 0.6) is 0 Å². The summed E-state index contributed by atoms with van der Waals surface area (Å²) in [5, 5.41) is 5.83. The highest BCUT2D eigenvalue weighted by atomic mass is 16.7. The third kappa shape index (κ3) is 2.86. The van der Waals surface area contributed by atoms with Crippen molar-refractivity contribution in [1.29, 1.82) is 0 Å². The summed E-state index contributed by atoms with van der Waals surface area (Å²) in [5.41, 5.74) is 1.56. The smallest absolute Gasteiger partial charge is 0.312 e. The van der Waals surface area contributed by atoms with Crippen LogP contribution in [-0.4, -0.2) is 17.5 Å². The van der Waals surface area contributed by atoms with E-state index in [4.69, 9.17) is 4.84 Å². The maximum Gasteiger partial charge on any atom is 0.365 e. The highest BCUT2D eigenvalue weighted by molar-refractivity contribution is 6.19. The Balaban J connectivity index is 1.80. The van der Waals surface area contributed by atoms with Gasteiger partial charge in [-0.2, -0.15) is 0 Å². The quantitative estimate of drug-likeness (QED) is 0.484. The fraction of sp³-hybridized carbons (Fsp3) is 0.0556. The molecule has 0 heterocycles. The monoisotopic (exact) mass is 291 g/mol. The largest absolute Gasteiger partial charge is 0.365 e. The number of fused-ring (bicyclic) bond motifs is 1. The van der Waals surface area contributed by atoms with Crippen LogP contribution < -0.4 is 0 Å². The highest BCUT2D eigenvalue weighted by Crippen LogP contribution is 2.16. The number of benzene rings is 2. The van der Waals surface area contributed by atoms with Gasteiger partial charge >= 0.3 is 5.97 Å². The molecule has 0 aliphatic heterocycles. The summed E-state index contributed by atoms with van der Waals surface area (Å²) in [4.78, 5) is 28.2. The first-order valence-electron chi connectivity index (χ1n) is 6.82. The summed E-state index contributed by atoms with van der Waals surface area (Å²) in [6.07, 6.45) is 4.36. The Bertz CT molecular complexity index is 860. The molecule has 0 unspecified atom stereocenters. The Kier molecular flexibility index (Phi) is 3.66. The summed E-state index contributed by atoms with van der Waals surface area (Å²) in [5.74, 6) is -0.631. The van der Waals surface area contributed by atoms with Gasteiger partial charge in [-0.05, 0) is 53.6 Å². The van der Waals surface area contributed by atoms with Crippen molar-refractivity contribution >= 4 is 28.2 Å². The van der Waals surface area contributed by atoms with Crippen LogP contribution >= 0.6 is 0 Å². The first kappa shape index (κ1) is 13.9. The molecule has 0 radical (unpaired) electrons. The lowest BCUT2D eigenvalue weighted by atomic mass is 10.1. The molecule has 4 nitrogen and oxygen atoms in total. The summed E-state index contributed by atoms with van der Waals surface area (Å²) < 4.78 is 0. The topological polar surface area (TPSA) is 55.7 Å². The SMILES string of the molecule is CC1=CC(=O)C=CC1=NOC(=O)c1ccc2ccccc2c1. The Morgan fingerprint density at radius 1 is 1.05 bits per heavy atom. The average Bonchev–Trinajstić information content (AvgIpc) is 2.53. The van der Waals surface area contributed by atoms with Crippen LogP contribution in [0.4, 0.5) is 0 Å². The van der Waals surface area contributed by atoms with E-state index in [1.54, 1.807) is 19.1 Å².